The molecule has 0 saturated carbocycles. The van der Waals surface area contributed by atoms with Crippen LogP contribution in [-0.2, 0) is 6.54 Å². The van der Waals surface area contributed by atoms with Crippen molar-refractivity contribution in [1.29, 1.82) is 0 Å². The Morgan fingerprint density at radius 2 is 2.16 bits per heavy atom. The van der Waals surface area contributed by atoms with Gasteiger partial charge in [0.25, 0.3) is 5.56 Å². The van der Waals surface area contributed by atoms with Crippen molar-refractivity contribution in [2.45, 2.75) is 39.3 Å². The Hall–Kier alpha value is -1.68. The van der Waals surface area contributed by atoms with Crippen LogP contribution in [0.15, 0.2) is 35.3 Å². The zero-order valence-electron chi connectivity index (χ0n) is 11.6. The fourth-order valence-electron chi connectivity index (χ4n) is 2.28. The summed E-state index contributed by atoms with van der Waals surface area (Å²) in [6, 6.07) is 8.08. The summed E-state index contributed by atoms with van der Waals surface area (Å²) in [4.78, 5) is 12.2. The van der Waals surface area contributed by atoms with Crippen molar-refractivity contribution in [1.82, 2.24) is 15.1 Å². The van der Waals surface area contributed by atoms with Gasteiger partial charge in [0.2, 0.25) is 0 Å². The maximum atomic E-state index is 12.2. The van der Waals surface area contributed by atoms with Crippen molar-refractivity contribution in [2.75, 3.05) is 6.54 Å². The highest BCUT2D eigenvalue weighted by molar-refractivity contribution is 5.80. The molecule has 1 N–H and O–H groups in total. The van der Waals surface area contributed by atoms with E-state index in [1.807, 2.05) is 24.3 Å². The third-order valence-corrected chi connectivity index (χ3v) is 3.32. The molecule has 0 aliphatic rings. The maximum absolute atomic E-state index is 12.2. The molecule has 102 valence electrons. The fraction of sp³-hybridized carbons (Fsp3) is 0.467. The van der Waals surface area contributed by atoms with Gasteiger partial charge in [0, 0.05) is 18.0 Å². The van der Waals surface area contributed by atoms with Gasteiger partial charge in [-0.1, -0.05) is 25.1 Å². The van der Waals surface area contributed by atoms with Gasteiger partial charge in [-0.15, -0.1) is 0 Å². The maximum Gasteiger partial charge on any atom is 0.274 e. The van der Waals surface area contributed by atoms with E-state index in [1.54, 1.807) is 10.9 Å². The summed E-state index contributed by atoms with van der Waals surface area (Å²) in [5.74, 6) is 0. The molecule has 19 heavy (non-hydrogen) atoms. The number of fused-ring (bicyclic) bond motifs is 1. The third-order valence-electron chi connectivity index (χ3n) is 3.32. The highest BCUT2D eigenvalue weighted by atomic mass is 16.1. The van der Waals surface area contributed by atoms with Crippen molar-refractivity contribution in [3.63, 3.8) is 0 Å². The molecule has 1 atom stereocenters. The van der Waals surface area contributed by atoms with Crippen LogP contribution < -0.4 is 10.9 Å². The van der Waals surface area contributed by atoms with Gasteiger partial charge in [-0.25, -0.2) is 4.68 Å². The quantitative estimate of drug-likeness (QED) is 0.865. The van der Waals surface area contributed by atoms with Gasteiger partial charge in [0.05, 0.1) is 11.6 Å². The van der Waals surface area contributed by atoms with E-state index in [4.69, 9.17) is 0 Å². The first-order chi connectivity index (χ1) is 9.22. The number of hydrogen-bond acceptors (Lipinski definition) is 3. The minimum absolute atomic E-state index is 0.00852. The number of benzene rings is 1. The lowest BCUT2D eigenvalue weighted by molar-refractivity contribution is 0.464. The second kappa shape index (κ2) is 6.48. The van der Waals surface area contributed by atoms with Crippen molar-refractivity contribution in [3.8, 4) is 0 Å². The van der Waals surface area contributed by atoms with Crippen LogP contribution in [0.25, 0.3) is 10.8 Å². The van der Waals surface area contributed by atoms with E-state index in [-0.39, 0.29) is 5.56 Å². The van der Waals surface area contributed by atoms with Gasteiger partial charge >= 0.3 is 0 Å². The van der Waals surface area contributed by atoms with Gasteiger partial charge in [0.1, 0.15) is 0 Å². The Labute approximate surface area is 113 Å². The van der Waals surface area contributed by atoms with E-state index >= 15 is 0 Å². The Morgan fingerprint density at radius 1 is 1.37 bits per heavy atom. The molecule has 2 rings (SSSR count). The van der Waals surface area contributed by atoms with Gasteiger partial charge in [-0.3, -0.25) is 4.79 Å². The first-order valence-corrected chi connectivity index (χ1v) is 6.90. The summed E-state index contributed by atoms with van der Waals surface area (Å²) in [7, 11) is 0. The lowest BCUT2D eigenvalue weighted by atomic mass is 10.2. The van der Waals surface area contributed by atoms with Gasteiger partial charge in [0.15, 0.2) is 0 Å². The first kappa shape index (κ1) is 13.7. The van der Waals surface area contributed by atoms with Crippen LogP contribution in [0.4, 0.5) is 0 Å². The summed E-state index contributed by atoms with van der Waals surface area (Å²) in [5, 5.41) is 9.26. The summed E-state index contributed by atoms with van der Waals surface area (Å²) >= 11 is 0. The molecule has 4 nitrogen and oxygen atoms in total. The van der Waals surface area contributed by atoms with Crippen LogP contribution in [0, 0.1) is 0 Å². The molecule has 1 heterocycles. The molecule has 0 amide bonds. The molecule has 0 aliphatic carbocycles. The average molecular weight is 259 g/mol. The van der Waals surface area contributed by atoms with Crippen LogP contribution in [0.5, 0.6) is 0 Å². The Morgan fingerprint density at radius 3 is 2.95 bits per heavy atom. The van der Waals surface area contributed by atoms with Crippen LogP contribution in [0.3, 0.4) is 0 Å². The SMILES string of the molecule is CCNC(C)CCCn1ncc2ccccc2c1=O. The molecular formula is C15H21N3O. The second-order valence-corrected chi connectivity index (χ2v) is 4.86. The molecule has 0 fully saturated rings. The lowest BCUT2D eigenvalue weighted by Crippen LogP contribution is -2.27. The predicted octanol–water partition coefficient (Wildman–Crippen LogP) is 2.17. The summed E-state index contributed by atoms with van der Waals surface area (Å²) in [6.45, 7) is 5.93. The van der Waals surface area contributed by atoms with Gasteiger partial charge in [-0.2, -0.15) is 5.10 Å². The van der Waals surface area contributed by atoms with Crippen LogP contribution in [-0.4, -0.2) is 22.4 Å². The number of aryl methyl sites for hydroxylation is 1. The zero-order valence-corrected chi connectivity index (χ0v) is 11.6. The second-order valence-electron chi connectivity index (χ2n) is 4.86. The van der Waals surface area contributed by atoms with Crippen molar-refractivity contribution >= 4 is 10.8 Å². The summed E-state index contributed by atoms with van der Waals surface area (Å²) in [6.07, 6.45) is 3.78. The molecule has 1 aromatic heterocycles. The number of rotatable bonds is 6. The van der Waals surface area contributed by atoms with E-state index in [0.717, 1.165) is 30.2 Å². The number of hydrogen-bond donors (Lipinski definition) is 1. The Kier molecular flexibility index (Phi) is 4.68. The molecule has 1 aromatic carbocycles. The van der Waals surface area contributed by atoms with E-state index in [0.29, 0.717) is 12.6 Å². The fourth-order valence-corrected chi connectivity index (χ4v) is 2.28. The highest BCUT2D eigenvalue weighted by Gasteiger charge is 2.04. The normalized spacial score (nSPS) is 12.7. The van der Waals surface area contributed by atoms with E-state index in [2.05, 4.69) is 24.3 Å². The number of aromatic nitrogens is 2. The van der Waals surface area contributed by atoms with Gasteiger partial charge in [-0.05, 0) is 32.4 Å². The molecule has 4 heteroatoms. The van der Waals surface area contributed by atoms with Crippen molar-refractivity contribution < 1.29 is 0 Å². The van der Waals surface area contributed by atoms with Crippen LogP contribution >= 0.6 is 0 Å². The number of nitrogens with zero attached hydrogens (tertiary/aromatic N) is 2. The highest BCUT2D eigenvalue weighted by Crippen LogP contribution is 2.07. The largest absolute Gasteiger partial charge is 0.315 e. The van der Waals surface area contributed by atoms with E-state index in [9.17, 15) is 4.79 Å². The summed E-state index contributed by atoms with van der Waals surface area (Å²) in [5.41, 5.74) is 0.00852. The molecular weight excluding hydrogens is 238 g/mol. The van der Waals surface area contributed by atoms with E-state index < -0.39 is 0 Å². The lowest BCUT2D eigenvalue weighted by Gasteiger charge is -2.12. The van der Waals surface area contributed by atoms with Crippen molar-refractivity contribution in [3.05, 3.63) is 40.8 Å². The standard InChI is InChI=1S/C15H21N3O/c1-3-16-12(2)7-6-10-18-15(19)14-9-5-4-8-13(14)11-17-18/h4-5,8-9,11-12,16H,3,6-7,10H2,1-2H3. The average Bonchev–Trinajstić information content (AvgIpc) is 2.42. The monoisotopic (exact) mass is 259 g/mol. The molecule has 0 spiro atoms. The smallest absolute Gasteiger partial charge is 0.274 e. The molecule has 0 saturated heterocycles. The van der Waals surface area contributed by atoms with Gasteiger partial charge < -0.3 is 5.32 Å². The molecule has 0 bridgehead atoms. The minimum atomic E-state index is 0.00852. The Bertz CT molecular complexity index is 591. The van der Waals surface area contributed by atoms with E-state index in [1.165, 1.54) is 0 Å². The zero-order chi connectivity index (χ0) is 13.7. The summed E-state index contributed by atoms with van der Waals surface area (Å²) < 4.78 is 1.57. The molecule has 0 aliphatic heterocycles. The molecule has 0 radical (unpaired) electrons. The van der Waals surface area contributed by atoms with Crippen molar-refractivity contribution in [2.24, 2.45) is 0 Å². The van der Waals surface area contributed by atoms with Crippen LogP contribution in [0.1, 0.15) is 26.7 Å². The van der Waals surface area contributed by atoms with Crippen LogP contribution in [0.2, 0.25) is 0 Å². The first-order valence-electron chi connectivity index (χ1n) is 6.90. The third kappa shape index (κ3) is 3.41. The topological polar surface area (TPSA) is 46.9 Å². The Balaban J connectivity index is 2.05. The predicted molar refractivity (Wildman–Crippen MR) is 78.4 cm³/mol. The number of nitrogens with one attached hydrogen (secondary N) is 1. The molecule has 1 unspecified atom stereocenters. The molecule has 2 aromatic rings. The minimum Gasteiger partial charge on any atom is -0.315 e.